The van der Waals surface area contributed by atoms with Gasteiger partial charge in [-0.3, -0.25) is 14.1 Å². The molecule has 0 fully saturated rings. The molecule has 2 N–H and O–H groups in total. The van der Waals surface area contributed by atoms with Crippen LogP contribution < -0.4 is 0 Å². The van der Waals surface area contributed by atoms with Crippen LogP contribution in [0.5, 0.6) is 0 Å². The standard InChI is InChI=1S/C44H83O8P/c1-3-5-7-9-11-13-15-17-18-19-20-21-22-23-24-25-27-28-30-32-34-36-38-43(45)50-40-42(41-51-53(47,48)49)52-44(46)39-37-35-33-31-29-26-16-14-12-10-8-6-4-2/h8,10,14,16,42H,3-7,9,11-13,15,17-41H2,1-2H3,(H2,47,48,49)/b10-8-,16-14-. The summed E-state index contributed by atoms with van der Waals surface area (Å²) in [5, 5.41) is 0. The smallest absolute Gasteiger partial charge is 0.462 e. The molecule has 0 rings (SSSR count). The molecule has 0 aromatic rings. The van der Waals surface area contributed by atoms with E-state index in [0.29, 0.717) is 6.42 Å². The van der Waals surface area contributed by atoms with Crippen molar-refractivity contribution in [2.24, 2.45) is 0 Å². The van der Waals surface area contributed by atoms with Crippen LogP contribution >= 0.6 is 7.82 Å². The summed E-state index contributed by atoms with van der Waals surface area (Å²) in [7, 11) is -4.75. The average Bonchev–Trinajstić information content (AvgIpc) is 3.13. The van der Waals surface area contributed by atoms with Crippen LogP contribution in [0.15, 0.2) is 24.3 Å². The second-order valence-electron chi connectivity index (χ2n) is 15.0. The summed E-state index contributed by atoms with van der Waals surface area (Å²) >= 11 is 0. The molecule has 0 aliphatic rings. The number of unbranched alkanes of at least 4 members (excludes halogenated alkanes) is 27. The molecule has 9 heteroatoms. The molecule has 53 heavy (non-hydrogen) atoms. The Labute approximate surface area is 326 Å². The summed E-state index contributed by atoms with van der Waals surface area (Å²) in [5.41, 5.74) is 0. The van der Waals surface area contributed by atoms with Crippen LogP contribution in [0.2, 0.25) is 0 Å². The minimum atomic E-state index is -4.75. The van der Waals surface area contributed by atoms with Crippen molar-refractivity contribution in [1.82, 2.24) is 0 Å². The van der Waals surface area contributed by atoms with Crippen LogP contribution in [0, 0.1) is 0 Å². The van der Waals surface area contributed by atoms with Gasteiger partial charge in [0.1, 0.15) is 6.61 Å². The first-order chi connectivity index (χ1) is 25.8. The van der Waals surface area contributed by atoms with E-state index in [1.807, 2.05) is 0 Å². The second-order valence-corrected chi connectivity index (χ2v) is 16.3. The van der Waals surface area contributed by atoms with Gasteiger partial charge in [0, 0.05) is 12.8 Å². The summed E-state index contributed by atoms with van der Waals surface area (Å²) in [6.45, 7) is 3.63. The minimum Gasteiger partial charge on any atom is -0.462 e. The Morgan fingerprint density at radius 2 is 0.887 bits per heavy atom. The molecule has 0 spiro atoms. The molecule has 1 unspecified atom stereocenters. The summed E-state index contributed by atoms with van der Waals surface area (Å²) in [5.74, 6) is -0.891. The van der Waals surface area contributed by atoms with Gasteiger partial charge in [0.05, 0.1) is 6.61 Å². The number of esters is 2. The van der Waals surface area contributed by atoms with E-state index >= 15 is 0 Å². The molecular weight excluding hydrogens is 687 g/mol. The van der Waals surface area contributed by atoms with Gasteiger partial charge >= 0.3 is 19.8 Å². The number of phosphoric acid groups is 1. The lowest BCUT2D eigenvalue weighted by Gasteiger charge is -2.18. The van der Waals surface area contributed by atoms with Gasteiger partial charge in [-0.2, -0.15) is 0 Å². The van der Waals surface area contributed by atoms with E-state index in [1.165, 1.54) is 128 Å². The lowest BCUT2D eigenvalue weighted by atomic mass is 10.0. The average molecular weight is 771 g/mol. The van der Waals surface area contributed by atoms with E-state index in [2.05, 4.69) is 42.7 Å². The lowest BCUT2D eigenvalue weighted by molar-refractivity contribution is -0.161. The Bertz CT molecular complexity index is 915. The SMILES string of the molecule is CCC/C=C\C/C=C\CCCCCCCC(=O)OC(COC(=O)CCCCCCCCCCCCCCCCCCCCCCCC)COP(=O)(O)O. The Balaban J connectivity index is 3.81. The topological polar surface area (TPSA) is 119 Å². The highest BCUT2D eigenvalue weighted by molar-refractivity contribution is 7.46. The number of rotatable bonds is 41. The Hall–Kier alpha value is -1.47. The van der Waals surface area contributed by atoms with Crippen LogP contribution in [-0.4, -0.2) is 41.0 Å². The molecular formula is C44H83O8P. The molecule has 0 heterocycles. The molecule has 312 valence electrons. The van der Waals surface area contributed by atoms with Gasteiger partial charge in [-0.25, -0.2) is 4.57 Å². The predicted molar refractivity (Wildman–Crippen MR) is 221 cm³/mol. The molecule has 0 saturated carbocycles. The second kappa shape index (κ2) is 40.2. The van der Waals surface area contributed by atoms with E-state index in [-0.39, 0.29) is 19.4 Å². The zero-order chi connectivity index (χ0) is 38.9. The van der Waals surface area contributed by atoms with Gasteiger partial charge in [0.2, 0.25) is 0 Å². The maximum absolute atomic E-state index is 12.4. The number of phosphoric ester groups is 1. The lowest BCUT2D eigenvalue weighted by Crippen LogP contribution is -2.29. The first-order valence-corrected chi connectivity index (χ1v) is 23.7. The quantitative estimate of drug-likeness (QED) is 0.0273. The van der Waals surface area contributed by atoms with Crippen molar-refractivity contribution >= 4 is 19.8 Å². The molecule has 0 aromatic carbocycles. The Morgan fingerprint density at radius 1 is 0.491 bits per heavy atom. The summed E-state index contributed by atoms with van der Waals surface area (Å²) in [6.07, 6.45) is 46.3. The molecule has 1 atom stereocenters. The minimum absolute atomic E-state index is 0.198. The van der Waals surface area contributed by atoms with Crippen molar-refractivity contribution in [2.75, 3.05) is 13.2 Å². The van der Waals surface area contributed by atoms with Crippen LogP contribution in [0.4, 0.5) is 0 Å². The van der Waals surface area contributed by atoms with Gasteiger partial charge in [0.25, 0.3) is 0 Å². The van der Waals surface area contributed by atoms with E-state index in [4.69, 9.17) is 19.3 Å². The highest BCUT2D eigenvalue weighted by atomic mass is 31.2. The van der Waals surface area contributed by atoms with E-state index in [9.17, 15) is 14.2 Å². The molecule has 0 bridgehead atoms. The fraction of sp³-hybridized carbons (Fsp3) is 0.864. The van der Waals surface area contributed by atoms with Crippen LogP contribution in [0.3, 0.4) is 0 Å². The number of ether oxygens (including phenoxy) is 2. The van der Waals surface area contributed by atoms with Crippen molar-refractivity contribution in [3.63, 3.8) is 0 Å². The predicted octanol–water partition coefficient (Wildman–Crippen LogP) is 13.6. The van der Waals surface area contributed by atoms with Crippen molar-refractivity contribution in [2.45, 2.75) is 232 Å². The van der Waals surface area contributed by atoms with Crippen molar-refractivity contribution < 1.29 is 37.9 Å². The molecule has 0 radical (unpaired) electrons. The highest BCUT2D eigenvalue weighted by Crippen LogP contribution is 2.36. The number of carbonyl (C=O) groups is 2. The summed E-state index contributed by atoms with van der Waals surface area (Å²) in [4.78, 5) is 42.8. The van der Waals surface area contributed by atoms with Gasteiger partial charge in [-0.1, -0.05) is 199 Å². The third-order valence-corrected chi connectivity index (χ3v) is 10.2. The monoisotopic (exact) mass is 771 g/mol. The summed E-state index contributed by atoms with van der Waals surface area (Å²) in [6, 6.07) is 0. The van der Waals surface area contributed by atoms with Crippen molar-refractivity contribution in [1.29, 1.82) is 0 Å². The molecule has 0 amide bonds. The van der Waals surface area contributed by atoms with Gasteiger partial charge in [-0.15, -0.1) is 0 Å². The molecule has 0 saturated heterocycles. The maximum atomic E-state index is 12.4. The van der Waals surface area contributed by atoms with Crippen molar-refractivity contribution in [3.8, 4) is 0 Å². The van der Waals surface area contributed by atoms with Gasteiger partial charge in [-0.05, 0) is 38.5 Å². The maximum Gasteiger partial charge on any atom is 0.469 e. The van der Waals surface area contributed by atoms with E-state index < -0.39 is 32.5 Å². The zero-order valence-electron chi connectivity index (χ0n) is 34.4. The third-order valence-electron chi connectivity index (χ3n) is 9.70. The number of carbonyl (C=O) groups excluding carboxylic acids is 2. The fourth-order valence-electron chi connectivity index (χ4n) is 6.41. The summed E-state index contributed by atoms with van der Waals surface area (Å²) < 4.78 is 26.4. The first-order valence-electron chi connectivity index (χ1n) is 22.1. The molecule has 0 aromatic heterocycles. The van der Waals surface area contributed by atoms with Crippen LogP contribution in [0.25, 0.3) is 0 Å². The zero-order valence-corrected chi connectivity index (χ0v) is 35.3. The largest absolute Gasteiger partial charge is 0.469 e. The van der Waals surface area contributed by atoms with Crippen LogP contribution in [0.1, 0.15) is 226 Å². The van der Waals surface area contributed by atoms with Crippen molar-refractivity contribution in [3.05, 3.63) is 24.3 Å². The van der Waals surface area contributed by atoms with Gasteiger partial charge in [0.15, 0.2) is 6.10 Å². The van der Waals surface area contributed by atoms with Gasteiger partial charge < -0.3 is 19.3 Å². The number of allylic oxidation sites excluding steroid dienone is 4. The third kappa shape index (κ3) is 43.1. The fourth-order valence-corrected chi connectivity index (χ4v) is 6.77. The number of hydrogen-bond acceptors (Lipinski definition) is 6. The molecule has 8 nitrogen and oxygen atoms in total. The van der Waals surface area contributed by atoms with E-state index in [0.717, 1.165) is 64.2 Å². The highest BCUT2D eigenvalue weighted by Gasteiger charge is 2.22. The van der Waals surface area contributed by atoms with Crippen LogP contribution in [-0.2, 0) is 28.2 Å². The first kappa shape index (κ1) is 51.5. The molecule has 0 aliphatic carbocycles. The Morgan fingerprint density at radius 3 is 1.32 bits per heavy atom. The van der Waals surface area contributed by atoms with E-state index in [1.54, 1.807) is 0 Å². The molecule has 0 aliphatic heterocycles. The normalized spacial score (nSPS) is 12.6. The number of hydrogen-bond donors (Lipinski definition) is 2. The Kier molecular flexibility index (Phi) is 39.1.